The van der Waals surface area contributed by atoms with Crippen LogP contribution in [0.15, 0.2) is 34.5 Å². The summed E-state index contributed by atoms with van der Waals surface area (Å²) >= 11 is 8.41. The van der Waals surface area contributed by atoms with Crippen molar-refractivity contribution in [1.82, 2.24) is 0 Å². The van der Waals surface area contributed by atoms with Crippen LogP contribution in [0.2, 0.25) is 5.02 Å². The van der Waals surface area contributed by atoms with Crippen molar-refractivity contribution in [2.75, 3.05) is 6.61 Å². The molecule has 3 rings (SSSR count). The highest BCUT2D eigenvalue weighted by Gasteiger charge is 2.25. The highest BCUT2D eigenvalue weighted by Crippen LogP contribution is 2.31. The number of hydrogen-bond donors (Lipinski definition) is 0. The number of nitrogens with zero attached hydrogens (tertiary/aromatic N) is 1. The molecule has 0 fully saturated rings. The molecule has 0 N–H and O–H groups in total. The zero-order chi connectivity index (χ0) is 11.1. The molecule has 1 aromatic heterocycles. The van der Waals surface area contributed by atoms with Gasteiger partial charge in [0.1, 0.15) is 0 Å². The number of aromatic nitrogens is 1. The third-order valence-electron chi connectivity index (χ3n) is 2.68. The molecule has 2 nitrogen and oxygen atoms in total. The van der Waals surface area contributed by atoms with Crippen molar-refractivity contribution in [3.8, 4) is 5.75 Å². The Labute approximate surface area is 112 Å². The number of benzene rings is 1. The molecule has 0 amide bonds. The number of rotatable bonds is 0. The molecule has 4 heteroatoms. The Morgan fingerprint density at radius 1 is 1.38 bits per heavy atom. The summed E-state index contributed by atoms with van der Waals surface area (Å²) in [7, 11) is 0. The van der Waals surface area contributed by atoms with Gasteiger partial charge in [-0.25, -0.2) is 0 Å². The summed E-state index contributed by atoms with van der Waals surface area (Å²) in [6.45, 7) is 0.599. The minimum atomic E-state index is 0.599. The largest absolute Gasteiger partial charge is 0.476 e. The number of ether oxygens (including phenoxy) is 1. The summed E-state index contributed by atoms with van der Waals surface area (Å²) < 4.78 is 9.86. The van der Waals surface area contributed by atoms with Crippen molar-refractivity contribution in [1.29, 1.82) is 0 Å². The van der Waals surface area contributed by atoms with Gasteiger partial charge in [0, 0.05) is 10.1 Å². The third kappa shape index (κ3) is 1.42. The molecule has 2 aromatic rings. The van der Waals surface area contributed by atoms with Crippen molar-refractivity contribution in [3.05, 3.63) is 39.6 Å². The average Bonchev–Trinajstić information content (AvgIpc) is 2.34. The molecule has 16 heavy (non-hydrogen) atoms. The van der Waals surface area contributed by atoms with Crippen LogP contribution < -0.4 is 9.30 Å². The molecule has 0 saturated carbocycles. The summed E-state index contributed by atoms with van der Waals surface area (Å²) in [6.07, 6.45) is 2.04. The molecular weight excluding hydrogens is 336 g/mol. The first-order valence-electron chi connectivity index (χ1n) is 4.86. The van der Waals surface area contributed by atoms with Crippen molar-refractivity contribution in [2.24, 2.45) is 0 Å². The van der Waals surface area contributed by atoms with Crippen LogP contribution in [0.1, 0.15) is 0 Å². The van der Waals surface area contributed by atoms with E-state index in [1.807, 2.05) is 34.5 Å². The van der Waals surface area contributed by atoms with Gasteiger partial charge in [-0.05, 0) is 40.8 Å². The predicted octanol–water partition coefficient (Wildman–Crippen LogP) is 3.41. The van der Waals surface area contributed by atoms with Gasteiger partial charge < -0.3 is 4.74 Å². The smallest absolute Gasteiger partial charge is 0.262 e. The first kappa shape index (κ1) is 10.4. The quantitative estimate of drug-likeness (QED) is 0.527. The SMILES string of the molecule is Clc1ccc2c3c1ccc[n+]3/C(=C/I)CO2. The van der Waals surface area contributed by atoms with E-state index in [0.29, 0.717) is 6.61 Å². The standard InChI is InChI=1S/C12H8ClINO/c13-10-3-4-11-12-9(10)2-1-5-15(12)8(6-14)7-16-11/h1-6H,7H2/q+1/b8-6+. The summed E-state index contributed by atoms with van der Waals surface area (Å²) in [6, 6.07) is 7.81. The molecule has 1 aliphatic heterocycles. The normalized spacial score (nSPS) is 16.5. The number of hydrogen-bond acceptors (Lipinski definition) is 1. The van der Waals surface area contributed by atoms with E-state index in [-0.39, 0.29) is 0 Å². The molecule has 0 bridgehead atoms. The molecule has 0 radical (unpaired) electrons. The van der Waals surface area contributed by atoms with Gasteiger partial charge in [-0.15, -0.1) is 0 Å². The van der Waals surface area contributed by atoms with Gasteiger partial charge in [0.25, 0.3) is 5.52 Å². The predicted molar refractivity (Wildman–Crippen MR) is 72.9 cm³/mol. The van der Waals surface area contributed by atoms with Crippen LogP contribution in [0, 0.1) is 0 Å². The Bertz CT molecular complexity index is 609. The Kier molecular flexibility index (Phi) is 2.52. The van der Waals surface area contributed by atoms with Crippen molar-refractivity contribution < 1.29 is 9.30 Å². The lowest BCUT2D eigenvalue weighted by Crippen LogP contribution is -2.38. The molecular formula is C12H8ClINO+. The van der Waals surface area contributed by atoms with E-state index in [1.165, 1.54) is 0 Å². The molecule has 0 spiro atoms. The van der Waals surface area contributed by atoms with E-state index in [2.05, 4.69) is 27.2 Å². The van der Waals surface area contributed by atoms with Gasteiger partial charge in [-0.3, -0.25) is 0 Å². The molecule has 80 valence electrons. The van der Waals surface area contributed by atoms with Gasteiger partial charge in [0.2, 0.25) is 5.70 Å². The summed E-state index contributed by atoms with van der Waals surface area (Å²) in [5.74, 6) is 0.891. The Balaban J connectivity index is 2.49. The fraction of sp³-hybridized carbons (Fsp3) is 0.0833. The van der Waals surface area contributed by atoms with Gasteiger partial charge in [0.05, 0.1) is 10.4 Å². The lowest BCUT2D eigenvalue weighted by Gasteiger charge is -2.14. The lowest BCUT2D eigenvalue weighted by molar-refractivity contribution is -0.558. The minimum Gasteiger partial charge on any atom is -0.476 e. The van der Waals surface area contributed by atoms with E-state index in [4.69, 9.17) is 16.3 Å². The minimum absolute atomic E-state index is 0.599. The lowest BCUT2D eigenvalue weighted by atomic mass is 10.1. The zero-order valence-electron chi connectivity index (χ0n) is 8.28. The highest BCUT2D eigenvalue weighted by atomic mass is 127. The molecule has 0 atom stereocenters. The fourth-order valence-corrected chi connectivity index (χ4v) is 2.63. The van der Waals surface area contributed by atoms with Crippen molar-refractivity contribution in [3.63, 3.8) is 0 Å². The Morgan fingerprint density at radius 2 is 2.25 bits per heavy atom. The van der Waals surface area contributed by atoms with E-state index in [0.717, 1.165) is 27.4 Å². The van der Waals surface area contributed by atoms with E-state index < -0.39 is 0 Å². The summed E-state index contributed by atoms with van der Waals surface area (Å²) in [4.78, 5) is 0. The second kappa shape index (κ2) is 3.89. The second-order valence-corrected chi connectivity index (χ2v) is 4.61. The van der Waals surface area contributed by atoms with Gasteiger partial charge >= 0.3 is 0 Å². The maximum Gasteiger partial charge on any atom is 0.262 e. The number of halogens is 2. The molecule has 0 unspecified atom stereocenters. The topological polar surface area (TPSA) is 13.1 Å². The molecule has 2 heterocycles. The maximum atomic E-state index is 6.18. The van der Waals surface area contributed by atoms with Gasteiger partial charge in [-0.1, -0.05) is 11.6 Å². The van der Waals surface area contributed by atoms with Crippen LogP contribution in [0.3, 0.4) is 0 Å². The average molecular weight is 345 g/mol. The van der Waals surface area contributed by atoms with Gasteiger partial charge in [0.15, 0.2) is 18.6 Å². The van der Waals surface area contributed by atoms with E-state index in [9.17, 15) is 0 Å². The monoisotopic (exact) mass is 344 g/mol. The van der Waals surface area contributed by atoms with Crippen LogP contribution >= 0.6 is 34.2 Å². The Morgan fingerprint density at radius 3 is 3.06 bits per heavy atom. The maximum absolute atomic E-state index is 6.18. The van der Waals surface area contributed by atoms with Crippen LogP contribution in [0.25, 0.3) is 16.6 Å². The van der Waals surface area contributed by atoms with Crippen LogP contribution in [0.5, 0.6) is 5.75 Å². The Hall–Kier alpha value is -0.810. The molecule has 1 aromatic carbocycles. The van der Waals surface area contributed by atoms with E-state index >= 15 is 0 Å². The molecule has 0 saturated heterocycles. The zero-order valence-corrected chi connectivity index (χ0v) is 11.2. The van der Waals surface area contributed by atoms with Crippen LogP contribution in [-0.2, 0) is 0 Å². The molecule has 0 aliphatic carbocycles. The second-order valence-electron chi connectivity index (χ2n) is 3.58. The third-order valence-corrected chi connectivity index (χ3v) is 3.73. The first-order chi connectivity index (χ1) is 7.81. The fourth-order valence-electron chi connectivity index (χ4n) is 1.93. The molecule has 1 aliphatic rings. The number of pyridine rings is 1. The van der Waals surface area contributed by atoms with Crippen LogP contribution in [0.4, 0.5) is 0 Å². The van der Waals surface area contributed by atoms with Crippen molar-refractivity contribution in [2.45, 2.75) is 0 Å². The van der Waals surface area contributed by atoms with Crippen LogP contribution in [-0.4, -0.2) is 6.61 Å². The summed E-state index contributed by atoms with van der Waals surface area (Å²) in [5.41, 5.74) is 2.17. The highest BCUT2D eigenvalue weighted by molar-refractivity contribution is 14.1. The first-order valence-corrected chi connectivity index (χ1v) is 6.49. The summed E-state index contributed by atoms with van der Waals surface area (Å²) in [5, 5.41) is 1.78. The van der Waals surface area contributed by atoms with Crippen molar-refractivity contribution >= 4 is 50.8 Å². The van der Waals surface area contributed by atoms with E-state index in [1.54, 1.807) is 0 Å². The van der Waals surface area contributed by atoms with Gasteiger partial charge in [-0.2, -0.15) is 4.57 Å².